The zero-order chi connectivity index (χ0) is 14.8. The van der Waals surface area contributed by atoms with Gasteiger partial charge in [-0.1, -0.05) is 6.07 Å². The molecule has 2 unspecified atom stereocenters. The second-order valence-electron chi connectivity index (χ2n) is 4.83. The molecule has 2 rings (SSSR count). The molecule has 0 saturated carbocycles. The van der Waals surface area contributed by atoms with Crippen LogP contribution in [-0.2, 0) is 21.4 Å². The highest BCUT2D eigenvalue weighted by atomic mass is 32.2. The van der Waals surface area contributed by atoms with Crippen LogP contribution in [0, 0.1) is 5.92 Å². The van der Waals surface area contributed by atoms with Gasteiger partial charge in [0.15, 0.2) is 11.1 Å². The fourth-order valence-electron chi connectivity index (χ4n) is 2.27. The van der Waals surface area contributed by atoms with Crippen LogP contribution in [0.5, 0.6) is 0 Å². The van der Waals surface area contributed by atoms with Gasteiger partial charge in [0.1, 0.15) is 0 Å². The van der Waals surface area contributed by atoms with Gasteiger partial charge in [0.2, 0.25) is 0 Å². The molecule has 0 N–H and O–H groups in total. The Morgan fingerprint density at radius 3 is 2.85 bits per heavy atom. The van der Waals surface area contributed by atoms with Gasteiger partial charge in [-0.05, 0) is 24.6 Å². The summed E-state index contributed by atoms with van der Waals surface area (Å²) >= 11 is -1.30. The molecule has 1 fully saturated rings. The highest BCUT2D eigenvalue weighted by Crippen LogP contribution is 2.33. The maximum Gasteiger partial charge on any atom is 0.416 e. The van der Waals surface area contributed by atoms with Crippen molar-refractivity contribution in [1.29, 1.82) is 0 Å². The third-order valence-corrected chi connectivity index (χ3v) is 3.76. The van der Waals surface area contributed by atoms with E-state index in [-0.39, 0.29) is 5.92 Å². The van der Waals surface area contributed by atoms with Crippen LogP contribution in [0.4, 0.5) is 18.9 Å². The van der Waals surface area contributed by atoms with E-state index >= 15 is 0 Å². The van der Waals surface area contributed by atoms with Gasteiger partial charge >= 0.3 is 6.18 Å². The normalized spacial score (nSPS) is 21.2. The number of rotatable bonds is 4. The molecule has 1 aromatic rings. The number of benzene rings is 1. The lowest BCUT2D eigenvalue weighted by molar-refractivity contribution is -0.137. The first-order chi connectivity index (χ1) is 9.36. The molecule has 0 bridgehead atoms. The van der Waals surface area contributed by atoms with Gasteiger partial charge in [0.05, 0.1) is 12.2 Å². The molecular weight excluding hydrogens is 291 g/mol. The minimum absolute atomic E-state index is 0.202. The molecule has 2 atom stereocenters. The summed E-state index contributed by atoms with van der Waals surface area (Å²) in [5.74, 6) is 0.202. The molecule has 1 heterocycles. The van der Waals surface area contributed by atoms with Gasteiger partial charge in [0, 0.05) is 31.0 Å². The number of anilines is 1. The average molecular weight is 307 g/mol. The van der Waals surface area contributed by atoms with E-state index in [0.29, 0.717) is 25.4 Å². The molecule has 0 amide bonds. The topological polar surface area (TPSA) is 29.5 Å². The Balaban J connectivity index is 2.01. The summed E-state index contributed by atoms with van der Waals surface area (Å²) in [6.07, 6.45) is -2.04. The predicted octanol–water partition coefficient (Wildman–Crippen LogP) is 2.84. The largest absolute Gasteiger partial charge is 0.416 e. The van der Waals surface area contributed by atoms with Crippen molar-refractivity contribution in [2.75, 3.05) is 30.9 Å². The highest BCUT2D eigenvalue weighted by Gasteiger charge is 2.31. The molecule has 0 aliphatic carbocycles. The minimum Gasteiger partial charge on any atom is -0.371 e. The summed E-state index contributed by atoms with van der Waals surface area (Å²) in [5.41, 5.74) is -0.0655. The Morgan fingerprint density at radius 2 is 2.20 bits per heavy atom. The summed E-state index contributed by atoms with van der Waals surface area (Å²) < 4.78 is 53.9. The van der Waals surface area contributed by atoms with E-state index in [2.05, 4.69) is 0 Å². The number of nitrogens with zero attached hydrogens (tertiary/aromatic N) is 1. The SMILES string of the molecule is CS(=O)OCC1CCN(c2cccc(C(F)(F)F)c2)C1. The lowest BCUT2D eigenvalue weighted by Gasteiger charge is -2.20. The number of halogens is 3. The molecule has 1 aliphatic heterocycles. The molecule has 0 radical (unpaired) electrons. The van der Waals surface area contributed by atoms with Gasteiger partial charge in [-0.2, -0.15) is 13.2 Å². The van der Waals surface area contributed by atoms with Gasteiger partial charge < -0.3 is 4.90 Å². The summed E-state index contributed by atoms with van der Waals surface area (Å²) in [7, 11) is 0. The van der Waals surface area contributed by atoms with Gasteiger partial charge in [-0.3, -0.25) is 4.18 Å². The monoisotopic (exact) mass is 307 g/mol. The van der Waals surface area contributed by atoms with E-state index in [4.69, 9.17) is 4.18 Å². The first kappa shape index (κ1) is 15.3. The lowest BCUT2D eigenvalue weighted by atomic mass is 10.1. The number of alkyl halides is 3. The fraction of sp³-hybridized carbons (Fsp3) is 0.538. The van der Waals surface area contributed by atoms with E-state index in [1.165, 1.54) is 18.4 Å². The number of hydrogen-bond donors (Lipinski definition) is 0. The fourth-order valence-corrected chi connectivity index (χ4v) is 2.66. The first-order valence-corrected chi connectivity index (χ1v) is 7.73. The van der Waals surface area contributed by atoms with Crippen LogP contribution in [-0.4, -0.2) is 30.2 Å². The first-order valence-electron chi connectivity index (χ1n) is 6.25. The van der Waals surface area contributed by atoms with Crippen LogP contribution in [0.15, 0.2) is 24.3 Å². The molecular formula is C13H16F3NO2S. The van der Waals surface area contributed by atoms with E-state index < -0.39 is 22.8 Å². The van der Waals surface area contributed by atoms with E-state index in [0.717, 1.165) is 12.5 Å². The smallest absolute Gasteiger partial charge is 0.371 e. The zero-order valence-corrected chi connectivity index (χ0v) is 11.8. The Hall–Kier alpha value is -1.08. The van der Waals surface area contributed by atoms with E-state index in [9.17, 15) is 17.4 Å². The maximum absolute atomic E-state index is 12.7. The molecule has 3 nitrogen and oxygen atoms in total. The average Bonchev–Trinajstić information content (AvgIpc) is 2.84. The second kappa shape index (κ2) is 6.13. The number of hydrogen-bond acceptors (Lipinski definition) is 3. The molecule has 112 valence electrons. The Bertz CT molecular complexity index is 493. The van der Waals surface area contributed by atoms with Crippen molar-refractivity contribution in [3.8, 4) is 0 Å². The molecule has 1 aromatic carbocycles. The molecule has 0 spiro atoms. The van der Waals surface area contributed by atoms with Crippen molar-refractivity contribution >= 4 is 16.8 Å². The third-order valence-electron chi connectivity index (χ3n) is 3.29. The van der Waals surface area contributed by atoms with Crippen LogP contribution in [0.1, 0.15) is 12.0 Å². The summed E-state index contributed by atoms with van der Waals surface area (Å²) in [4.78, 5) is 1.90. The van der Waals surface area contributed by atoms with Crippen molar-refractivity contribution in [2.45, 2.75) is 12.6 Å². The van der Waals surface area contributed by atoms with E-state index in [1.54, 1.807) is 6.07 Å². The van der Waals surface area contributed by atoms with Crippen molar-refractivity contribution in [1.82, 2.24) is 0 Å². The summed E-state index contributed by atoms with van der Waals surface area (Å²) in [6.45, 7) is 1.68. The van der Waals surface area contributed by atoms with Crippen LogP contribution < -0.4 is 4.90 Å². The van der Waals surface area contributed by atoms with E-state index in [1.807, 2.05) is 4.90 Å². The zero-order valence-electron chi connectivity index (χ0n) is 11.0. The van der Waals surface area contributed by atoms with Crippen LogP contribution in [0.25, 0.3) is 0 Å². The van der Waals surface area contributed by atoms with Crippen molar-refractivity contribution < 1.29 is 21.6 Å². The molecule has 1 saturated heterocycles. The quantitative estimate of drug-likeness (QED) is 0.856. The van der Waals surface area contributed by atoms with Crippen LogP contribution in [0.3, 0.4) is 0 Å². The van der Waals surface area contributed by atoms with Gasteiger partial charge in [-0.25, -0.2) is 4.21 Å². The highest BCUT2D eigenvalue weighted by molar-refractivity contribution is 7.79. The van der Waals surface area contributed by atoms with Crippen molar-refractivity contribution in [3.63, 3.8) is 0 Å². The van der Waals surface area contributed by atoms with Crippen LogP contribution >= 0.6 is 0 Å². The Kier molecular flexibility index (Phi) is 4.70. The minimum atomic E-state index is -4.32. The second-order valence-corrected chi connectivity index (χ2v) is 5.87. The van der Waals surface area contributed by atoms with Gasteiger partial charge in [0.25, 0.3) is 0 Å². The summed E-state index contributed by atoms with van der Waals surface area (Å²) in [6, 6.07) is 5.33. The predicted molar refractivity (Wildman–Crippen MR) is 71.8 cm³/mol. The van der Waals surface area contributed by atoms with Crippen LogP contribution in [0.2, 0.25) is 0 Å². The Morgan fingerprint density at radius 1 is 1.45 bits per heavy atom. The molecule has 1 aliphatic rings. The lowest BCUT2D eigenvalue weighted by Crippen LogP contribution is -2.21. The molecule has 7 heteroatoms. The standard InChI is InChI=1S/C13H16F3NO2S/c1-20(18)19-9-10-5-6-17(8-10)12-4-2-3-11(7-12)13(14,15)16/h2-4,7,10H,5-6,8-9H2,1H3. The summed E-state index contributed by atoms with van der Waals surface area (Å²) in [5, 5.41) is 0. The third kappa shape index (κ3) is 3.96. The maximum atomic E-state index is 12.7. The van der Waals surface area contributed by atoms with Crippen molar-refractivity contribution in [2.24, 2.45) is 5.92 Å². The van der Waals surface area contributed by atoms with Gasteiger partial charge in [-0.15, -0.1) is 0 Å². The Labute approximate surface area is 118 Å². The molecule has 20 heavy (non-hydrogen) atoms. The molecule has 0 aromatic heterocycles. The van der Waals surface area contributed by atoms with Crippen molar-refractivity contribution in [3.05, 3.63) is 29.8 Å².